The second kappa shape index (κ2) is 15.3. The van der Waals surface area contributed by atoms with Gasteiger partial charge in [0.05, 0.1) is 24.0 Å². The van der Waals surface area contributed by atoms with Gasteiger partial charge in [0.2, 0.25) is 5.91 Å². The lowest BCUT2D eigenvalue weighted by molar-refractivity contribution is -0.125. The number of hydrogen-bond donors (Lipinski definition) is 2. The molecule has 2 N–H and O–H groups in total. The number of nitrogens with zero attached hydrogens (tertiary/aromatic N) is 5. The van der Waals surface area contributed by atoms with E-state index in [2.05, 4.69) is 20.3 Å². The van der Waals surface area contributed by atoms with Crippen molar-refractivity contribution in [1.29, 1.82) is 0 Å². The Labute approximate surface area is 256 Å². The van der Waals surface area contributed by atoms with Crippen molar-refractivity contribution in [2.45, 2.75) is 65.5 Å². The third-order valence-corrected chi connectivity index (χ3v) is 6.74. The molecule has 3 amide bonds. The third kappa shape index (κ3) is 8.74. The Morgan fingerprint density at radius 3 is 2.52 bits per heavy atom. The topological polar surface area (TPSA) is 143 Å². The molecule has 0 radical (unpaired) electrons. The van der Waals surface area contributed by atoms with Crippen molar-refractivity contribution in [1.82, 2.24) is 29.3 Å². The first-order chi connectivity index (χ1) is 20.8. The number of rotatable bonds is 13. The number of allylic oxidation sites excluding steroid dienone is 1. The zero-order valence-corrected chi connectivity index (χ0v) is 26.4. The van der Waals surface area contributed by atoms with E-state index in [9.17, 15) is 23.6 Å². The SMILES string of the molecule is CCCc1ccc(NC(=O)C(CC/C=C/C(=O)N(C)C)OC(=O)N(C)C)c(=O)n1Cc1nc2c(F)cnc(CC(C)C)c2[nH]1. The molecule has 238 valence electrons. The van der Waals surface area contributed by atoms with E-state index in [1.807, 2.05) is 20.8 Å². The first-order valence-electron chi connectivity index (χ1n) is 14.6. The molecule has 0 aliphatic rings. The van der Waals surface area contributed by atoms with Gasteiger partial charge in [0.15, 0.2) is 11.9 Å². The maximum atomic E-state index is 14.6. The number of pyridine rings is 2. The summed E-state index contributed by atoms with van der Waals surface area (Å²) >= 11 is 0. The van der Waals surface area contributed by atoms with Crippen molar-refractivity contribution in [2.24, 2.45) is 5.92 Å². The molecule has 44 heavy (non-hydrogen) atoms. The fourth-order valence-corrected chi connectivity index (χ4v) is 4.45. The van der Waals surface area contributed by atoms with Crippen LogP contribution in [0.3, 0.4) is 0 Å². The van der Waals surface area contributed by atoms with Gasteiger partial charge >= 0.3 is 6.09 Å². The van der Waals surface area contributed by atoms with E-state index in [0.29, 0.717) is 41.5 Å². The molecular formula is C31H42FN7O5. The molecular weight excluding hydrogens is 569 g/mol. The van der Waals surface area contributed by atoms with Crippen LogP contribution in [0.25, 0.3) is 11.0 Å². The zero-order valence-electron chi connectivity index (χ0n) is 26.4. The van der Waals surface area contributed by atoms with Crippen LogP contribution in [-0.4, -0.2) is 81.5 Å². The molecule has 0 aliphatic heterocycles. The lowest BCUT2D eigenvalue weighted by Crippen LogP contribution is -2.38. The number of carbonyl (C=O) groups is 3. The lowest BCUT2D eigenvalue weighted by atomic mass is 10.1. The number of aryl methyl sites for hydroxylation is 1. The lowest BCUT2D eigenvalue weighted by Gasteiger charge is -2.20. The van der Waals surface area contributed by atoms with Crippen LogP contribution in [-0.2, 0) is 33.7 Å². The summed E-state index contributed by atoms with van der Waals surface area (Å²) < 4.78 is 21.5. The number of nitrogens with one attached hydrogen (secondary N) is 2. The first kappa shape index (κ1) is 33.9. The van der Waals surface area contributed by atoms with Gasteiger partial charge in [-0.15, -0.1) is 0 Å². The van der Waals surface area contributed by atoms with Crippen molar-refractivity contribution in [3.63, 3.8) is 0 Å². The molecule has 3 aromatic heterocycles. The van der Waals surface area contributed by atoms with Crippen LogP contribution < -0.4 is 10.9 Å². The minimum atomic E-state index is -1.22. The van der Waals surface area contributed by atoms with Crippen LogP contribution >= 0.6 is 0 Å². The quantitative estimate of drug-likeness (QED) is 0.279. The highest BCUT2D eigenvalue weighted by Crippen LogP contribution is 2.21. The number of aromatic amines is 1. The Bertz CT molecular complexity index is 1580. The first-order valence-corrected chi connectivity index (χ1v) is 14.6. The number of halogens is 1. The van der Waals surface area contributed by atoms with Crippen LogP contribution in [0.2, 0.25) is 0 Å². The number of likely N-dealkylation sites (N-methyl/N-ethyl adjacent to an activating group) is 1. The number of carbonyl (C=O) groups excluding carboxylic acids is 3. The van der Waals surface area contributed by atoms with Crippen molar-refractivity contribution in [2.75, 3.05) is 33.5 Å². The Morgan fingerprint density at radius 1 is 1.16 bits per heavy atom. The predicted molar refractivity (Wildman–Crippen MR) is 166 cm³/mol. The van der Waals surface area contributed by atoms with E-state index in [0.717, 1.165) is 12.6 Å². The number of anilines is 1. The molecule has 0 saturated heterocycles. The maximum Gasteiger partial charge on any atom is 0.410 e. The zero-order chi connectivity index (χ0) is 32.6. The Kier molecular flexibility index (Phi) is 11.8. The van der Waals surface area contributed by atoms with E-state index < -0.39 is 29.5 Å². The second-order valence-electron chi connectivity index (χ2n) is 11.4. The average molecular weight is 612 g/mol. The van der Waals surface area contributed by atoms with Crippen LogP contribution in [0.4, 0.5) is 14.9 Å². The normalized spacial score (nSPS) is 12.1. The molecule has 12 nitrogen and oxygen atoms in total. The van der Waals surface area contributed by atoms with Gasteiger partial charge in [0.1, 0.15) is 17.0 Å². The molecule has 0 saturated carbocycles. The van der Waals surface area contributed by atoms with Crippen LogP contribution in [0.1, 0.15) is 57.2 Å². The minimum absolute atomic E-state index is 0.0106. The molecule has 1 atom stereocenters. The largest absolute Gasteiger partial charge is 0.436 e. The van der Waals surface area contributed by atoms with Crippen LogP contribution in [0.5, 0.6) is 0 Å². The van der Waals surface area contributed by atoms with Gasteiger partial charge in [-0.3, -0.25) is 19.4 Å². The van der Waals surface area contributed by atoms with Crippen molar-refractivity contribution >= 4 is 34.6 Å². The number of aromatic nitrogens is 4. The predicted octanol–water partition coefficient (Wildman–Crippen LogP) is 3.89. The molecule has 0 aliphatic carbocycles. The molecule has 3 rings (SSSR count). The van der Waals surface area contributed by atoms with Gasteiger partial charge in [-0.25, -0.2) is 14.2 Å². The van der Waals surface area contributed by atoms with Crippen LogP contribution in [0.15, 0.2) is 35.3 Å². The highest BCUT2D eigenvalue weighted by molar-refractivity contribution is 5.95. The monoisotopic (exact) mass is 611 g/mol. The fourth-order valence-electron chi connectivity index (χ4n) is 4.45. The summed E-state index contributed by atoms with van der Waals surface area (Å²) in [6.07, 6.45) is 4.50. The Hall–Kier alpha value is -4.55. The van der Waals surface area contributed by atoms with Gasteiger partial charge in [0, 0.05) is 33.9 Å². The van der Waals surface area contributed by atoms with Crippen molar-refractivity contribution in [3.8, 4) is 0 Å². The van der Waals surface area contributed by atoms with Crippen molar-refractivity contribution in [3.05, 3.63) is 63.9 Å². The summed E-state index contributed by atoms with van der Waals surface area (Å²) in [6, 6.07) is 3.26. The summed E-state index contributed by atoms with van der Waals surface area (Å²) in [5.41, 5.74) is 1.56. The van der Waals surface area contributed by atoms with E-state index in [4.69, 9.17) is 4.74 Å². The van der Waals surface area contributed by atoms with E-state index in [1.165, 1.54) is 40.6 Å². The number of H-pyrrole nitrogens is 1. The highest BCUT2D eigenvalue weighted by Gasteiger charge is 2.25. The van der Waals surface area contributed by atoms with Gasteiger partial charge in [0.25, 0.3) is 11.5 Å². The number of fused-ring (bicyclic) bond motifs is 1. The minimum Gasteiger partial charge on any atom is -0.436 e. The molecule has 0 fully saturated rings. The number of ether oxygens (including phenoxy) is 1. The van der Waals surface area contributed by atoms with Gasteiger partial charge in [-0.1, -0.05) is 33.3 Å². The summed E-state index contributed by atoms with van der Waals surface area (Å²) in [7, 11) is 6.22. The molecule has 3 aromatic rings. The number of amides is 3. The smallest absolute Gasteiger partial charge is 0.410 e. The van der Waals surface area contributed by atoms with E-state index in [1.54, 1.807) is 26.2 Å². The third-order valence-electron chi connectivity index (χ3n) is 6.74. The molecule has 13 heteroatoms. The van der Waals surface area contributed by atoms with Gasteiger partial charge < -0.3 is 29.4 Å². The van der Waals surface area contributed by atoms with Gasteiger partial charge in [-0.2, -0.15) is 0 Å². The molecule has 0 bridgehead atoms. The fraction of sp³-hybridized carbons (Fsp3) is 0.484. The summed E-state index contributed by atoms with van der Waals surface area (Å²) in [6.45, 7) is 6.07. The average Bonchev–Trinajstić information content (AvgIpc) is 3.39. The summed E-state index contributed by atoms with van der Waals surface area (Å²) in [4.78, 5) is 65.6. The molecule has 3 heterocycles. The maximum absolute atomic E-state index is 14.6. The molecule has 0 spiro atoms. The molecule has 1 unspecified atom stereocenters. The molecule has 0 aromatic carbocycles. The summed E-state index contributed by atoms with van der Waals surface area (Å²) in [5, 5.41) is 2.62. The second-order valence-corrected chi connectivity index (χ2v) is 11.4. The Morgan fingerprint density at radius 2 is 1.89 bits per heavy atom. The van der Waals surface area contributed by atoms with Gasteiger partial charge in [-0.05, 0) is 49.8 Å². The van der Waals surface area contributed by atoms with Crippen LogP contribution in [0, 0.1) is 11.7 Å². The number of hydrogen-bond acceptors (Lipinski definition) is 7. The van der Waals surface area contributed by atoms with E-state index >= 15 is 0 Å². The Balaban J connectivity index is 1.91. The van der Waals surface area contributed by atoms with E-state index in [-0.39, 0.29) is 36.5 Å². The number of imidazole rings is 1. The summed E-state index contributed by atoms with van der Waals surface area (Å²) in [5.74, 6) is -0.800. The highest BCUT2D eigenvalue weighted by atomic mass is 19.1. The standard InChI is InChI=1S/C31H42FN7O5/c1-8-11-20-14-15-22(34-29(41)24(44-31(43)38(6)7)12-9-10-13-26(40)37(4)5)30(42)39(20)18-25-35-27-21(32)17-33-23(16-19(2)3)28(27)36-25/h10,13-15,17,19,24H,8-9,11-12,16,18H2,1-7H3,(H,34,41)(H,35,36)/b13-10+. The van der Waals surface area contributed by atoms with Crippen molar-refractivity contribution < 1.29 is 23.5 Å².